The lowest BCUT2D eigenvalue weighted by atomic mass is 10.3. The lowest BCUT2D eigenvalue weighted by molar-refractivity contribution is 0.0689. The summed E-state index contributed by atoms with van der Waals surface area (Å²) in [4.78, 5) is 21.9. The van der Waals surface area contributed by atoms with E-state index >= 15 is 0 Å². The molecule has 0 aromatic carbocycles. The normalized spacial score (nSPS) is 10.5. The van der Waals surface area contributed by atoms with E-state index in [0.29, 0.717) is 5.69 Å². The van der Waals surface area contributed by atoms with E-state index in [1.165, 1.54) is 4.68 Å². The van der Waals surface area contributed by atoms with Gasteiger partial charge in [0.1, 0.15) is 18.6 Å². The van der Waals surface area contributed by atoms with Crippen LogP contribution in [0.15, 0.2) is 21.5 Å². The number of aromatic nitrogens is 3. The first-order valence-corrected chi connectivity index (χ1v) is 4.93. The van der Waals surface area contributed by atoms with Crippen molar-refractivity contribution in [3.8, 4) is 5.75 Å². The van der Waals surface area contributed by atoms with E-state index in [4.69, 9.17) is 14.6 Å². The molecule has 8 nitrogen and oxygen atoms in total. The standard InChI is InChI=1S/C10H9N3O5/c1-5-9(10(16)17)11-12-13(5)3-6-2-7(14)8(15)4-18-6/h2,4,15H,3H2,1H3,(H,16,17). The second kappa shape index (κ2) is 4.32. The molecule has 2 aromatic heterocycles. The zero-order valence-electron chi connectivity index (χ0n) is 9.32. The molecule has 0 bridgehead atoms. The Morgan fingerprint density at radius 2 is 2.28 bits per heavy atom. The molecule has 0 amide bonds. The van der Waals surface area contributed by atoms with Crippen LogP contribution in [0.1, 0.15) is 21.9 Å². The van der Waals surface area contributed by atoms with Crippen molar-refractivity contribution in [3.63, 3.8) is 0 Å². The molecule has 0 saturated heterocycles. The molecule has 2 N–H and O–H groups in total. The van der Waals surface area contributed by atoms with Crippen LogP contribution in [0.3, 0.4) is 0 Å². The number of hydrogen-bond donors (Lipinski definition) is 2. The second-order valence-electron chi connectivity index (χ2n) is 3.58. The quantitative estimate of drug-likeness (QED) is 0.787. The largest absolute Gasteiger partial charge is 0.502 e. The van der Waals surface area contributed by atoms with Gasteiger partial charge in [-0.3, -0.25) is 4.79 Å². The Kier molecular flexibility index (Phi) is 2.84. The van der Waals surface area contributed by atoms with E-state index in [9.17, 15) is 9.59 Å². The van der Waals surface area contributed by atoms with Gasteiger partial charge in [0.2, 0.25) is 5.43 Å². The fraction of sp³-hybridized carbons (Fsp3) is 0.200. The SMILES string of the molecule is Cc1c(C(=O)O)nnn1Cc1cc(=O)c(O)co1. The van der Waals surface area contributed by atoms with Crippen LogP contribution in [-0.2, 0) is 6.54 Å². The summed E-state index contributed by atoms with van der Waals surface area (Å²) in [6.07, 6.45) is 0.919. The van der Waals surface area contributed by atoms with Crippen LogP contribution < -0.4 is 5.43 Å². The van der Waals surface area contributed by atoms with Gasteiger partial charge < -0.3 is 14.6 Å². The van der Waals surface area contributed by atoms with E-state index in [0.717, 1.165) is 12.3 Å². The van der Waals surface area contributed by atoms with Crippen LogP contribution in [0.2, 0.25) is 0 Å². The summed E-state index contributed by atoms with van der Waals surface area (Å²) in [6, 6.07) is 1.11. The molecule has 2 aromatic rings. The van der Waals surface area contributed by atoms with Crippen LogP contribution >= 0.6 is 0 Å². The second-order valence-corrected chi connectivity index (χ2v) is 3.58. The summed E-state index contributed by atoms with van der Waals surface area (Å²) >= 11 is 0. The third-order valence-electron chi connectivity index (χ3n) is 2.36. The van der Waals surface area contributed by atoms with Crippen LogP contribution in [0, 0.1) is 6.92 Å². The Balaban J connectivity index is 2.31. The third kappa shape index (κ3) is 2.08. The molecule has 0 unspecified atom stereocenters. The van der Waals surface area contributed by atoms with Gasteiger partial charge in [0.05, 0.1) is 5.69 Å². The number of carboxylic acid groups (broad SMARTS) is 1. The van der Waals surface area contributed by atoms with Crippen LogP contribution in [-0.4, -0.2) is 31.2 Å². The van der Waals surface area contributed by atoms with E-state index in [-0.39, 0.29) is 18.0 Å². The summed E-state index contributed by atoms with van der Waals surface area (Å²) in [6.45, 7) is 1.60. The molecule has 0 fully saturated rings. The topological polar surface area (TPSA) is 118 Å². The predicted octanol–water partition coefficient (Wildman–Crippen LogP) is -0.00818. The first-order chi connectivity index (χ1) is 8.49. The maximum Gasteiger partial charge on any atom is 0.358 e. The average Bonchev–Trinajstić information content (AvgIpc) is 2.66. The molecular formula is C10H9N3O5. The van der Waals surface area contributed by atoms with E-state index in [1.807, 2.05) is 0 Å². The Morgan fingerprint density at radius 3 is 2.83 bits per heavy atom. The van der Waals surface area contributed by atoms with Crippen LogP contribution in [0.4, 0.5) is 0 Å². The number of aromatic hydroxyl groups is 1. The van der Waals surface area contributed by atoms with Gasteiger partial charge >= 0.3 is 5.97 Å². The molecule has 18 heavy (non-hydrogen) atoms. The van der Waals surface area contributed by atoms with Crippen molar-refractivity contribution >= 4 is 5.97 Å². The molecule has 0 radical (unpaired) electrons. The van der Waals surface area contributed by atoms with Gasteiger partial charge in [-0.05, 0) is 6.92 Å². The maximum atomic E-state index is 11.2. The highest BCUT2D eigenvalue weighted by Gasteiger charge is 2.15. The molecule has 0 aliphatic rings. The van der Waals surface area contributed by atoms with E-state index < -0.39 is 17.1 Å². The highest BCUT2D eigenvalue weighted by atomic mass is 16.4. The molecule has 0 atom stereocenters. The lowest BCUT2D eigenvalue weighted by Gasteiger charge is -2.02. The Bertz CT molecular complexity index is 658. The smallest absolute Gasteiger partial charge is 0.358 e. The van der Waals surface area contributed by atoms with E-state index in [2.05, 4.69) is 10.3 Å². The summed E-state index contributed by atoms with van der Waals surface area (Å²) in [5.41, 5.74) is -0.387. The van der Waals surface area contributed by atoms with Gasteiger partial charge in [-0.1, -0.05) is 5.21 Å². The zero-order chi connectivity index (χ0) is 13.3. The monoisotopic (exact) mass is 251 g/mol. The van der Waals surface area contributed by atoms with Crippen molar-refractivity contribution in [1.29, 1.82) is 0 Å². The number of nitrogens with zero attached hydrogens (tertiary/aromatic N) is 3. The molecule has 2 heterocycles. The minimum atomic E-state index is -1.18. The fourth-order valence-electron chi connectivity index (χ4n) is 1.38. The summed E-state index contributed by atoms with van der Waals surface area (Å²) in [5.74, 6) is -1.42. The number of aromatic carboxylic acids is 1. The molecule has 0 saturated carbocycles. The van der Waals surface area contributed by atoms with Gasteiger partial charge in [0, 0.05) is 6.07 Å². The van der Waals surface area contributed by atoms with Crippen molar-refractivity contribution in [3.05, 3.63) is 39.7 Å². The van der Waals surface area contributed by atoms with Crippen molar-refractivity contribution in [1.82, 2.24) is 15.0 Å². The van der Waals surface area contributed by atoms with Gasteiger partial charge in [-0.15, -0.1) is 5.10 Å². The van der Waals surface area contributed by atoms with Gasteiger partial charge in [0.25, 0.3) is 0 Å². The number of rotatable bonds is 3. The van der Waals surface area contributed by atoms with Gasteiger partial charge in [-0.2, -0.15) is 0 Å². The number of carbonyl (C=O) groups is 1. The minimum Gasteiger partial charge on any atom is -0.502 e. The van der Waals surface area contributed by atoms with Crippen molar-refractivity contribution in [2.75, 3.05) is 0 Å². The van der Waals surface area contributed by atoms with Crippen molar-refractivity contribution < 1.29 is 19.4 Å². The molecule has 2 rings (SSSR count). The maximum absolute atomic E-state index is 11.2. The lowest BCUT2D eigenvalue weighted by Crippen LogP contribution is -2.08. The summed E-state index contributed by atoms with van der Waals surface area (Å²) in [5, 5.41) is 25.0. The first kappa shape index (κ1) is 11.8. The molecular weight excluding hydrogens is 242 g/mol. The molecule has 94 valence electrons. The fourth-order valence-corrected chi connectivity index (χ4v) is 1.38. The summed E-state index contributed by atoms with van der Waals surface area (Å²) in [7, 11) is 0. The Morgan fingerprint density at radius 1 is 1.56 bits per heavy atom. The number of hydrogen-bond acceptors (Lipinski definition) is 6. The third-order valence-corrected chi connectivity index (χ3v) is 2.36. The molecule has 0 aliphatic carbocycles. The highest BCUT2D eigenvalue weighted by Crippen LogP contribution is 2.08. The van der Waals surface area contributed by atoms with Crippen molar-refractivity contribution in [2.45, 2.75) is 13.5 Å². The Labute approximate surface area is 100 Å². The average molecular weight is 251 g/mol. The van der Waals surface area contributed by atoms with Gasteiger partial charge in [-0.25, -0.2) is 9.48 Å². The molecule has 0 aliphatic heterocycles. The van der Waals surface area contributed by atoms with Gasteiger partial charge in [0.15, 0.2) is 11.4 Å². The van der Waals surface area contributed by atoms with Crippen molar-refractivity contribution in [2.24, 2.45) is 0 Å². The minimum absolute atomic E-state index is 0.0572. The highest BCUT2D eigenvalue weighted by molar-refractivity contribution is 5.86. The molecule has 8 heteroatoms. The zero-order valence-corrected chi connectivity index (χ0v) is 9.32. The predicted molar refractivity (Wildman–Crippen MR) is 57.5 cm³/mol. The summed E-state index contributed by atoms with van der Waals surface area (Å²) < 4.78 is 6.27. The van der Waals surface area contributed by atoms with Crippen LogP contribution in [0.25, 0.3) is 0 Å². The first-order valence-electron chi connectivity index (χ1n) is 4.93. The van der Waals surface area contributed by atoms with E-state index in [1.54, 1.807) is 6.92 Å². The Hall–Kier alpha value is -2.64. The number of carboxylic acids is 1. The van der Waals surface area contributed by atoms with Crippen LogP contribution in [0.5, 0.6) is 5.75 Å². The molecule has 0 spiro atoms.